The highest BCUT2D eigenvalue weighted by molar-refractivity contribution is 5.95. The van der Waals surface area contributed by atoms with Gasteiger partial charge < -0.3 is 14.9 Å². The van der Waals surface area contributed by atoms with Crippen LogP contribution in [0.1, 0.15) is 22.8 Å². The van der Waals surface area contributed by atoms with Crippen LogP contribution in [0.3, 0.4) is 0 Å². The second-order valence-corrected chi connectivity index (χ2v) is 4.19. The number of ether oxygens (including phenoxy) is 1. The van der Waals surface area contributed by atoms with Crippen LogP contribution in [0.25, 0.3) is 6.08 Å². The van der Waals surface area contributed by atoms with Gasteiger partial charge in [-0.15, -0.1) is 0 Å². The molecule has 0 saturated carbocycles. The van der Waals surface area contributed by atoms with Crippen molar-refractivity contribution in [1.29, 1.82) is 0 Å². The van der Waals surface area contributed by atoms with Gasteiger partial charge in [0.05, 0.1) is 6.61 Å². The number of benzene rings is 1. The number of aliphatic hydroxyl groups is 2. The van der Waals surface area contributed by atoms with Gasteiger partial charge in [0.25, 0.3) is 0 Å². The molecule has 1 aromatic carbocycles. The van der Waals surface area contributed by atoms with Gasteiger partial charge in [-0.2, -0.15) is 0 Å². The van der Waals surface area contributed by atoms with E-state index in [4.69, 9.17) is 9.84 Å². The van der Waals surface area contributed by atoms with Gasteiger partial charge in [-0.05, 0) is 31.2 Å². The Morgan fingerprint density at radius 1 is 1.53 bits per heavy atom. The van der Waals surface area contributed by atoms with Crippen LogP contribution in [-0.4, -0.2) is 34.8 Å². The van der Waals surface area contributed by atoms with Crippen LogP contribution < -0.4 is 4.74 Å². The zero-order chi connectivity index (χ0) is 12.5. The van der Waals surface area contributed by atoms with Crippen LogP contribution in [0.5, 0.6) is 5.75 Å². The van der Waals surface area contributed by atoms with Gasteiger partial charge in [-0.3, -0.25) is 4.79 Å². The molecule has 4 nitrogen and oxygen atoms in total. The summed E-state index contributed by atoms with van der Waals surface area (Å²) in [6.45, 7) is 1.08. The molecule has 1 aliphatic rings. The standard InChI is InChI=1S/C13H14O4/c1-9(15)10-2-3-12-11(6-10)4-5-13(16,7-14)8-17-12/h2-6,14,16H,7-8H2,1H3. The van der Waals surface area contributed by atoms with E-state index in [1.165, 1.54) is 13.0 Å². The summed E-state index contributed by atoms with van der Waals surface area (Å²) in [4.78, 5) is 11.2. The summed E-state index contributed by atoms with van der Waals surface area (Å²) in [6, 6.07) is 5.08. The molecule has 0 amide bonds. The number of fused-ring (bicyclic) bond motifs is 1. The number of ketones is 1. The highest BCUT2D eigenvalue weighted by atomic mass is 16.5. The molecule has 0 aromatic heterocycles. The average molecular weight is 234 g/mol. The fourth-order valence-corrected chi connectivity index (χ4v) is 1.62. The zero-order valence-electron chi connectivity index (χ0n) is 9.51. The molecule has 0 saturated heterocycles. The van der Waals surface area contributed by atoms with Gasteiger partial charge >= 0.3 is 0 Å². The lowest BCUT2D eigenvalue weighted by Crippen LogP contribution is -2.37. The Morgan fingerprint density at radius 2 is 2.29 bits per heavy atom. The molecule has 1 aliphatic heterocycles. The Labute approximate surface area is 99.2 Å². The lowest BCUT2D eigenvalue weighted by atomic mass is 10.0. The summed E-state index contributed by atoms with van der Waals surface area (Å²) in [5.74, 6) is 0.568. The minimum atomic E-state index is -1.37. The van der Waals surface area contributed by atoms with Crippen LogP contribution >= 0.6 is 0 Å². The lowest BCUT2D eigenvalue weighted by Gasteiger charge is -2.20. The third kappa shape index (κ3) is 2.38. The Bertz CT molecular complexity index is 478. The summed E-state index contributed by atoms with van der Waals surface area (Å²) < 4.78 is 5.41. The molecule has 90 valence electrons. The number of Topliss-reactive ketones (excluding diaryl/α,β-unsaturated/α-hetero) is 1. The molecule has 2 rings (SSSR count). The van der Waals surface area contributed by atoms with Crippen molar-refractivity contribution in [2.75, 3.05) is 13.2 Å². The minimum Gasteiger partial charge on any atom is -0.490 e. The Kier molecular flexibility index (Phi) is 3.00. The van der Waals surface area contributed by atoms with Crippen molar-refractivity contribution in [2.24, 2.45) is 0 Å². The van der Waals surface area contributed by atoms with Crippen molar-refractivity contribution in [3.05, 3.63) is 35.4 Å². The van der Waals surface area contributed by atoms with Crippen molar-refractivity contribution >= 4 is 11.9 Å². The first-order chi connectivity index (χ1) is 8.04. The van der Waals surface area contributed by atoms with Crippen molar-refractivity contribution in [2.45, 2.75) is 12.5 Å². The van der Waals surface area contributed by atoms with Crippen LogP contribution in [0.15, 0.2) is 24.3 Å². The lowest BCUT2D eigenvalue weighted by molar-refractivity contribution is -0.00747. The number of rotatable bonds is 2. The number of hydrogen-bond acceptors (Lipinski definition) is 4. The summed E-state index contributed by atoms with van der Waals surface area (Å²) in [5.41, 5.74) is -0.0522. The molecule has 2 N–H and O–H groups in total. The molecule has 1 aromatic rings. The minimum absolute atomic E-state index is 0.00752. The van der Waals surface area contributed by atoms with E-state index < -0.39 is 12.2 Å². The Hall–Kier alpha value is -1.65. The number of hydrogen-bond donors (Lipinski definition) is 2. The Balaban J connectivity index is 2.39. The van der Waals surface area contributed by atoms with Crippen molar-refractivity contribution < 1.29 is 19.7 Å². The molecule has 1 atom stereocenters. The second kappa shape index (κ2) is 4.31. The maximum atomic E-state index is 11.2. The maximum Gasteiger partial charge on any atom is 0.159 e. The van der Waals surface area contributed by atoms with Crippen molar-refractivity contribution in [3.8, 4) is 5.75 Å². The van der Waals surface area contributed by atoms with Crippen LogP contribution in [0.4, 0.5) is 0 Å². The quantitative estimate of drug-likeness (QED) is 0.750. The first kappa shape index (κ1) is 11.8. The highest BCUT2D eigenvalue weighted by Crippen LogP contribution is 2.27. The molecule has 17 heavy (non-hydrogen) atoms. The summed E-state index contributed by atoms with van der Waals surface area (Å²) >= 11 is 0. The van der Waals surface area contributed by atoms with Gasteiger partial charge in [-0.25, -0.2) is 0 Å². The van der Waals surface area contributed by atoms with Gasteiger partial charge in [0.1, 0.15) is 18.0 Å². The number of carbonyl (C=O) groups is 1. The predicted octanol–water partition coefficient (Wildman–Crippen LogP) is 1.02. The number of aliphatic hydroxyl groups excluding tert-OH is 1. The fraction of sp³-hybridized carbons (Fsp3) is 0.308. The van der Waals surface area contributed by atoms with Gasteiger partial charge in [0, 0.05) is 11.1 Å². The fourth-order valence-electron chi connectivity index (χ4n) is 1.62. The molecule has 0 bridgehead atoms. The summed E-state index contributed by atoms with van der Waals surface area (Å²) in [5, 5.41) is 18.9. The van der Waals surface area contributed by atoms with E-state index in [1.54, 1.807) is 24.3 Å². The van der Waals surface area contributed by atoms with Gasteiger partial charge in [0.15, 0.2) is 5.78 Å². The molecular formula is C13H14O4. The molecule has 0 fully saturated rings. The van der Waals surface area contributed by atoms with E-state index in [0.717, 1.165) is 5.56 Å². The zero-order valence-corrected chi connectivity index (χ0v) is 9.51. The van der Waals surface area contributed by atoms with Crippen LogP contribution in [0.2, 0.25) is 0 Å². The third-order valence-electron chi connectivity index (χ3n) is 2.74. The second-order valence-electron chi connectivity index (χ2n) is 4.19. The summed E-state index contributed by atoms with van der Waals surface area (Å²) in [6.07, 6.45) is 3.15. The molecular weight excluding hydrogens is 220 g/mol. The normalized spacial score (nSPS) is 22.5. The van der Waals surface area contributed by atoms with Crippen molar-refractivity contribution in [3.63, 3.8) is 0 Å². The monoisotopic (exact) mass is 234 g/mol. The maximum absolute atomic E-state index is 11.2. The van der Waals surface area contributed by atoms with E-state index in [9.17, 15) is 9.90 Å². The largest absolute Gasteiger partial charge is 0.490 e. The number of carbonyl (C=O) groups excluding carboxylic acids is 1. The third-order valence-corrected chi connectivity index (χ3v) is 2.74. The first-order valence-electron chi connectivity index (χ1n) is 5.34. The van der Waals surface area contributed by atoms with Crippen LogP contribution in [0, 0.1) is 0 Å². The molecule has 0 radical (unpaired) electrons. The van der Waals surface area contributed by atoms with Crippen LogP contribution in [-0.2, 0) is 0 Å². The average Bonchev–Trinajstić information content (AvgIpc) is 2.50. The topological polar surface area (TPSA) is 66.8 Å². The van der Waals surface area contributed by atoms with Gasteiger partial charge in [0.2, 0.25) is 0 Å². The first-order valence-corrected chi connectivity index (χ1v) is 5.34. The Morgan fingerprint density at radius 3 is 2.94 bits per heavy atom. The molecule has 4 heteroatoms. The van der Waals surface area contributed by atoms with E-state index in [1.807, 2.05) is 0 Å². The molecule has 1 unspecified atom stereocenters. The smallest absolute Gasteiger partial charge is 0.159 e. The molecule has 0 spiro atoms. The van der Waals surface area contributed by atoms with Crippen molar-refractivity contribution in [1.82, 2.24) is 0 Å². The van der Waals surface area contributed by atoms with Gasteiger partial charge in [-0.1, -0.05) is 6.08 Å². The summed E-state index contributed by atoms with van der Waals surface area (Å²) in [7, 11) is 0. The van der Waals surface area contributed by atoms with E-state index in [0.29, 0.717) is 11.3 Å². The highest BCUT2D eigenvalue weighted by Gasteiger charge is 2.26. The van der Waals surface area contributed by atoms with E-state index in [-0.39, 0.29) is 12.4 Å². The predicted molar refractivity (Wildman–Crippen MR) is 63.0 cm³/mol. The van der Waals surface area contributed by atoms with E-state index >= 15 is 0 Å². The SMILES string of the molecule is CC(=O)c1ccc2c(c1)C=CC(O)(CO)CO2. The van der Waals surface area contributed by atoms with E-state index in [2.05, 4.69) is 0 Å². The molecule has 1 heterocycles. The molecule has 0 aliphatic carbocycles.